The molecule has 2 aromatic rings. The average molecular weight is 427 g/mol. The van der Waals surface area contributed by atoms with Gasteiger partial charge in [0.15, 0.2) is 10.6 Å². The van der Waals surface area contributed by atoms with Gasteiger partial charge in [-0.3, -0.25) is 9.59 Å². The number of anilines is 1. The van der Waals surface area contributed by atoms with Crippen molar-refractivity contribution in [1.82, 2.24) is 15.8 Å². The van der Waals surface area contributed by atoms with Crippen molar-refractivity contribution in [2.24, 2.45) is 0 Å². The summed E-state index contributed by atoms with van der Waals surface area (Å²) < 4.78 is 5.15. The molecule has 1 aromatic carbocycles. The molecule has 2 atom stereocenters. The van der Waals surface area contributed by atoms with Crippen molar-refractivity contribution in [1.29, 1.82) is 0 Å². The average Bonchev–Trinajstić information content (AvgIpc) is 3.36. The van der Waals surface area contributed by atoms with Crippen molar-refractivity contribution in [3.63, 3.8) is 0 Å². The van der Waals surface area contributed by atoms with Crippen LogP contribution < -0.4 is 15.5 Å². The van der Waals surface area contributed by atoms with Crippen molar-refractivity contribution >= 4 is 40.7 Å². The predicted molar refractivity (Wildman–Crippen MR) is 105 cm³/mol. The Labute approximate surface area is 171 Å². The van der Waals surface area contributed by atoms with Gasteiger partial charge in [-0.1, -0.05) is 40.5 Å². The standard InChI is InChI=1S/C18H20Cl2N4O4/c19-16(20)18(27)24(7-6-21-17(26)14-9-13(25)10-22-14)12-3-1-2-11(8-12)15-4-5-23-28-15/h1-5,8,13-14,16,22,25H,6-7,9-10H2,(H,21,26). The Balaban J connectivity index is 1.69. The number of aromatic nitrogens is 1. The van der Waals surface area contributed by atoms with Crippen LogP contribution in [-0.2, 0) is 9.59 Å². The fourth-order valence-electron chi connectivity index (χ4n) is 3.01. The van der Waals surface area contributed by atoms with E-state index in [0.717, 1.165) is 5.56 Å². The lowest BCUT2D eigenvalue weighted by molar-refractivity contribution is -0.123. The summed E-state index contributed by atoms with van der Waals surface area (Å²) in [5.41, 5.74) is 1.30. The summed E-state index contributed by atoms with van der Waals surface area (Å²) in [6, 6.07) is 8.36. The van der Waals surface area contributed by atoms with Gasteiger partial charge in [0.1, 0.15) is 0 Å². The van der Waals surface area contributed by atoms with Crippen LogP contribution in [0.25, 0.3) is 11.3 Å². The van der Waals surface area contributed by atoms with Gasteiger partial charge >= 0.3 is 0 Å². The molecule has 0 saturated carbocycles. The second-order valence-electron chi connectivity index (χ2n) is 6.36. The Hall–Kier alpha value is -2.13. The van der Waals surface area contributed by atoms with Gasteiger partial charge in [0, 0.05) is 37.0 Å². The molecule has 2 unspecified atom stereocenters. The molecule has 10 heteroatoms. The van der Waals surface area contributed by atoms with Gasteiger partial charge in [-0.2, -0.15) is 0 Å². The minimum absolute atomic E-state index is 0.176. The molecular weight excluding hydrogens is 407 g/mol. The zero-order valence-electron chi connectivity index (χ0n) is 14.8. The number of hydrogen-bond acceptors (Lipinski definition) is 6. The van der Waals surface area contributed by atoms with Crippen LogP contribution in [0.2, 0.25) is 0 Å². The Morgan fingerprint density at radius 2 is 2.21 bits per heavy atom. The van der Waals surface area contributed by atoms with Gasteiger partial charge in [0.25, 0.3) is 5.91 Å². The number of benzene rings is 1. The van der Waals surface area contributed by atoms with Crippen molar-refractivity contribution in [2.75, 3.05) is 24.5 Å². The lowest BCUT2D eigenvalue weighted by Crippen LogP contribution is -2.45. The van der Waals surface area contributed by atoms with Gasteiger partial charge in [-0.05, 0) is 18.6 Å². The Kier molecular flexibility index (Phi) is 6.90. The van der Waals surface area contributed by atoms with Crippen molar-refractivity contribution < 1.29 is 19.2 Å². The normalized spacial score (nSPS) is 19.0. The predicted octanol–water partition coefficient (Wildman–Crippen LogP) is 1.32. The minimum Gasteiger partial charge on any atom is -0.392 e. The highest BCUT2D eigenvalue weighted by molar-refractivity contribution is 6.54. The third kappa shape index (κ3) is 5.02. The molecule has 0 aliphatic carbocycles. The number of alkyl halides is 2. The van der Waals surface area contributed by atoms with Crippen LogP contribution in [-0.4, -0.2) is 58.7 Å². The second kappa shape index (κ2) is 9.38. The highest BCUT2D eigenvalue weighted by atomic mass is 35.5. The topological polar surface area (TPSA) is 108 Å². The van der Waals surface area contributed by atoms with Crippen molar-refractivity contribution in [3.8, 4) is 11.3 Å². The molecule has 150 valence electrons. The first kappa shape index (κ1) is 20.6. The highest BCUT2D eigenvalue weighted by Gasteiger charge is 2.28. The maximum absolute atomic E-state index is 12.5. The number of β-amino-alcohol motifs (C(OH)–C–C–N with tert-alkyl or cyclic N) is 1. The van der Waals surface area contributed by atoms with Gasteiger partial charge in [0.05, 0.1) is 18.3 Å². The number of nitrogens with one attached hydrogen (secondary N) is 2. The summed E-state index contributed by atoms with van der Waals surface area (Å²) in [5, 5.41) is 18.9. The molecule has 0 radical (unpaired) electrons. The molecule has 3 rings (SSSR count). The summed E-state index contributed by atoms with van der Waals surface area (Å²) in [4.78, 5) is 24.8. The van der Waals surface area contributed by atoms with Gasteiger partial charge < -0.3 is 25.2 Å². The molecule has 0 spiro atoms. The number of nitrogens with zero attached hydrogens (tertiary/aromatic N) is 2. The number of aliphatic hydroxyl groups excluding tert-OH is 1. The number of hydrogen-bond donors (Lipinski definition) is 3. The van der Waals surface area contributed by atoms with E-state index in [2.05, 4.69) is 15.8 Å². The van der Waals surface area contributed by atoms with Crippen molar-refractivity contribution in [3.05, 3.63) is 36.5 Å². The Morgan fingerprint density at radius 3 is 2.86 bits per heavy atom. The molecule has 1 fully saturated rings. The summed E-state index contributed by atoms with van der Waals surface area (Å²) in [6.45, 7) is 0.763. The molecule has 1 saturated heterocycles. The second-order valence-corrected chi connectivity index (χ2v) is 7.46. The largest absolute Gasteiger partial charge is 0.392 e. The summed E-state index contributed by atoms with van der Waals surface area (Å²) in [7, 11) is 0. The quantitative estimate of drug-likeness (QED) is 0.576. The van der Waals surface area contributed by atoms with Crippen LogP contribution in [0.4, 0.5) is 5.69 Å². The van der Waals surface area contributed by atoms with E-state index in [1.165, 1.54) is 11.1 Å². The first-order valence-electron chi connectivity index (χ1n) is 8.75. The van der Waals surface area contributed by atoms with E-state index in [9.17, 15) is 14.7 Å². The summed E-state index contributed by atoms with van der Waals surface area (Å²) >= 11 is 11.6. The maximum atomic E-state index is 12.5. The first-order valence-corrected chi connectivity index (χ1v) is 9.63. The fraction of sp³-hybridized carbons (Fsp3) is 0.389. The van der Waals surface area contributed by atoms with E-state index in [1.54, 1.807) is 24.3 Å². The molecule has 1 aliphatic heterocycles. The van der Waals surface area contributed by atoms with Crippen LogP contribution in [0.3, 0.4) is 0 Å². The third-order valence-corrected chi connectivity index (χ3v) is 4.77. The smallest absolute Gasteiger partial charge is 0.260 e. The van der Waals surface area contributed by atoms with Crippen LogP contribution in [0.15, 0.2) is 41.1 Å². The van der Waals surface area contributed by atoms with E-state index in [1.807, 2.05) is 6.07 Å². The van der Waals surface area contributed by atoms with E-state index in [-0.39, 0.29) is 19.0 Å². The van der Waals surface area contributed by atoms with E-state index >= 15 is 0 Å². The molecule has 3 N–H and O–H groups in total. The monoisotopic (exact) mass is 426 g/mol. The number of aliphatic hydroxyl groups is 1. The number of rotatable bonds is 7. The van der Waals surface area contributed by atoms with Crippen molar-refractivity contribution in [2.45, 2.75) is 23.4 Å². The Bertz CT molecular complexity index is 816. The fourth-order valence-corrected chi connectivity index (χ4v) is 3.24. The summed E-state index contributed by atoms with van der Waals surface area (Å²) in [6.07, 6.45) is 1.36. The van der Waals surface area contributed by atoms with E-state index in [4.69, 9.17) is 27.7 Å². The Morgan fingerprint density at radius 1 is 1.39 bits per heavy atom. The van der Waals surface area contributed by atoms with Crippen LogP contribution >= 0.6 is 23.2 Å². The lowest BCUT2D eigenvalue weighted by atomic mass is 10.1. The number of carbonyl (C=O) groups excluding carboxylic acids is 2. The molecule has 1 aliphatic rings. The van der Waals surface area contributed by atoms with Crippen LogP contribution in [0.1, 0.15) is 6.42 Å². The highest BCUT2D eigenvalue weighted by Crippen LogP contribution is 2.25. The molecule has 2 amide bonds. The number of halogens is 2. The van der Waals surface area contributed by atoms with E-state index in [0.29, 0.717) is 24.4 Å². The molecule has 0 bridgehead atoms. The SMILES string of the molecule is O=C(NCCN(C(=O)C(Cl)Cl)c1cccc(-c2ccno2)c1)C1CC(O)CN1. The van der Waals surface area contributed by atoms with Gasteiger partial charge in [-0.15, -0.1) is 0 Å². The number of carbonyl (C=O) groups is 2. The zero-order valence-corrected chi connectivity index (χ0v) is 16.4. The van der Waals surface area contributed by atoms with E-state index < -0.39 is 22.9 Å². The third-order valence-electron chi connectivity index (χ3n) is 4.39. The minimum atomic E-state index is -1.24. The first-order chi connectivity index (χ1) is 13.5. The van der Waals surface area contributed by atoms with Crippen LogP contribution in [0.5, 0.6) is 0 Å². The molecule has 28 heavy (non-hydrogen) atoms. The lowest BCUT2D eigenvalue weighted by Gasteiger charge is -2.24. The molecule has 2 heterocycles. The zero-order chi connectivity index (χ0) is 20.1. The van der Waals surface area contributed by atoms with Crippen LogP contribution in [0, 0.1) is 0 Å². The van der Waals surface area contributed by atoms with Gasteiger partial charge in [0.2, 0.25) is 5.91 Å². The van der Waals surface area contributed by atoms with Gasteiger partial charge in [-0.25, -0.2) is 0 Å². The summed E-state index contributed by atoms with van der Waals surface area (Å²) in [5.74, 6) is -0.170. The number of amides is 2. The molecule has 8 nitrogen and oxygen atoms in total. The molecular formula is C18H20Cl2N4O4. The molecule has 1 aromatic heterocycles. The maximum Gasteiger partial charge on any atom is 0.260 e.